The molecule has 0 fully saturated rings. The number of amides is 1. The van der Waals surface area contributed by atoms with Gasteiger partial charge in [-0.15, -0.1) is 0 Å². The quantitative estimate of drug-likeness (QED) is 0.466. The molecule has 4 nitrogen and oxygen atoms in total. The van der Waals surface area contributed by atoms with Crippen LogP contribution in [0.15, 0.2) is 29.4 Å². The third-order valence-corrected chi connectivity index (χ3v) is 3.54. The molecule has 0 saturated heterocycles. The Morgan fingerprint density at radius 2 is 1.94 bits per heavy atom. The number of thioether (sulfide) groups is 1. The van der Waals surface area contributed by atoms with Gasteiger partial charge >= 0.3 is 0 Å². The molecule has 18 heavy (non-hydrogen) atoms. The molecule has 1 aromatic rings. The Kier molecular flexibility index (Phi) is 5.47. The van der Waals surface area contributed by atoms with E-state index in [4.69, 9.17) is 0 Å². The van der Waals surface area contributed by atoms with E-state index in [2.05, 4.69) is 0 Å². The molecule has 0 spiro atoms. The van der Waals surface area contributed by atoms with Gasteiger partial charge in [0.15, 0.2) is 6.20 Å². The first kappa shape index (κ1) is 14.8. The Hall–Kier alpha value is -1.23. The Morgan fingerprint density at radius 3 is 2.44 bits per heavy atom. The van der Waals surface area contributed by atoms with Gasteiger partial charge in [-0.2, -0.15) is 4.73 Å². The van der Waals surface area contributed by atoms with E-state index >= 15 is 0 Å². The van der Waals surface area contributed by atoms with Crippen LogP contribution in [0.4, 0.5) is 0 Å². The summed E-state index contributed by atoms with van der Waals surface area (Å²) in [6.45, 7) is 8.00. The molecular formula is C13H20N2O2S. The summed E-state index contributed by atoms with van der Waals surface area (Å²) in [5.41, 5.74) is 0. The molecule has 0 unspecified atom stereocenters. The normalized spacial score (nSPS) is 11.0. The maximum Gasteiger partial charge on any atom is 0.251 e. The maximum absolute atomic E-state index is 12.1. The minimum Gasteiger partial charge on any atom is -0.618 e. The summed E-state index contributed by atoms with van der Waals surface area (Å²) in [4.78, 5) is 13.9. The second-order valence-electron chi connectivity index (χ2n) is 4.64. The second kappa shape index (κ2) is 6.64. The lowest BCUT2D eigenvalue weighted by molar-refractivity contribution is -0.645. The van der Waals surface area contributed by atoms with Gasteiger partial charge in [0.2, 0.25) is 5.91 Å². The van der Waals surface area contributed by atoms with Crippen LogP contribution in [0.3, 0.4) is 0 Å². The Balaban J connectivity index is 2.63. The molecule has 0 bridgehead atoms. The summed E-state index contributed by atoms with van der Waals surface area (Å²) in [5.74, 6) is 0.358. The lowest BCUT2D eigenvalue weighted by atomic mass is 10.2. The van der Waals surface area contributed by atoms with Crippen molar-refractivity contribution in [1.29, 1.82) is 0 Å². The largest absolute Gasteiger partial charge is 0.618 e. The zero-order valence-corrected chi connectivity index (χ0v) is 12.1. The zero-order chi connectivity index (χ0) is 13.7. The molecular weight excluding hydrogens is 248 g/mol. The number of nitrogens with zero attached hydrogens (tertiary/aromatic N) is 2. The molecule has 0 atom stereocenters. The molecule has 0 aliphatic heterocycles. The van der Waals surface area contributed by atoms with Gasteiger partial charge in [0, 0.05) is 24.2 Å². The second-order valence-corrected chi connectivity index (χ2v) is 5.64. The average molecular weight is 268 g/mol. The van der Waals surface area contributed by atoms with Crippen molar-refractivity contribution in [3.63, 3.8) is 0 Å². The van der Waals surface area contributed by atoms with E-state index in [-0.39, 0.29) is 18.0 Å². The highest BCUT2D eigenvalue weighted by Gasteiger charge is 2.21. The first-order valence-corrected chi connectivity index (χ1v) is 7.04. The first-order valence-electron chi connectivity index (χ1n) is 6.05. The van der Waals surface area contributed by atoms with E-state index in [0.717, 1.165) is 4.73 Å². The molecule has 1 rings (SSSR count). The van der Waals surface area contributed by atoms with Crippen LogP contribution >= 0.6 is 11.8 Å². The Bertz CT molecular complexity index is 400. The van der Waals surface area contributed by atoms with Crippen molar-refractivity contribution >= 4 is 17.7 Å². The predicted molar refractivity (Wildman–Crippen MR) is 73.2 cm³/mol. The van der Waals surface area contributed by atoms with Gasteiger partial charge in [-0.25, -0.2) is 0 Å². The number of carbonyl (C=O) groups excluding carboxylic acids is 1. The van der Waals surface area contributed by atoms with Crippen molar-refractivity contribution in [2.75, 3.05) is 5.75 Å². The molecule has 0 aromatic carbocycles. The molecule has 0 aliphatic rings. The maximum atomic E-state index is 12.1. The summed E-state index contributed by atoms with van der Waals surface area (Å²) in [7, 11) is 0. The highest BCUT2D eigenvalue weighted by atomic mass is 32.2. The number of hydrogen-bond donors (Lipinski definition) is 0. The number of aromatic nitrogens is 1. The fourth-order valence-electron chi connectivity index (χ4n) is 1.91. The van der Waals surface area contributed by atoms with Gasteiger partial charge in [0.25, 0.3) is 5.03 Å². The van der Waals surface area contributed by atoms with Gasteiger partial charge in [-0.3, -0.25) is 4.79 Å². The van der Waals surface area contributed by atoms with E-state index in [9.17, 15) is 10.0 Å². The van der Waals surface area contributed by atoms with Crippen molar-refractivity contribution in [1.82, 2.24) is 4.90 Å². The first-order chi connectivity index (χ1) is 8.43. The highest BCUT2D eigenvalue weighted by molar-refractivity contribution is 7.99. The number of pyridine rings is 1. The minimum absolute atomic E-state index is 0.0638. The minimum atomic E-state index is 0.0638. The highest BCUT2D eigenvalue weighted by Crippen LogP contribution is 2.15. The van der Waals surface area contributed by atoms with Crippen LogP contribution in [-0.4, -0.2) is 28.6 Å². The molecule has 0 N–H and O–H groups in total. The van der Waals surface area contributed by atoms with E-state index in [0.29, 0.717) is 10.8 Å². The Morgan fingerprint density at radius 1 is 1.33 bits per heavy atom. The van der Waals surface area contributed by atoms with Gasteiger partial charge in [0.1, 0.15) is 0 Å². The van der Waals surface area contributed by atoms with Gasteiger partial charge in [-0.05, 0) is 45.5 Å². The fourth-order valence-corrected chi connectivity index (χ4v) is 2.69. The third-order valence-electron chi connectivity index (χ3n) is 2.53. The van der Waals surface area contributed by atoms with Gasteiger partial charge in [0.05, 0.1) is 5.75 Å². The van der Waals surface area contributed by atoms with Crippen LogP contribution in [0.1, 0.15) is 27.7 Å². The molecule has 1 heterocycles. The number of carbonyl (C=O) groups is 1. The van der Waals surface area contributed by atoms with Gasteiger partial charge in [-0.1, -0.05) is 0 Å². The molecule has 0 radical (unpaired) electrons. The predicted octanol–water partition coefficient (Wildman–Crippen LogP) is 2.06. The van der Waals surface area contributed by atoms with E-state index in [1.165, 1.54) is 18.0 Å². The summed E-state index contributed by atoms with van der Waals surface area (Å²) in [5, 5.41) is 12.0. The van der Waals surface area contributed by atoms with E-state index in [1.807, 2.05) is 32.6 Å². The third kappa shape index (κ3) is 3.91. The molecule has 1 aromatic heterocycles. The lowest BCUT2D eigenvalue weighted by Gasteiger charge is -2.30. The molecule has 100 valence electrons. The number of rotatable bonds is 5. The van der Waals surface area contributed by atoms with Crippen molar-refractivity contribution in [3.8, 4) is 0 Å². The molecule has 1 amide bonds. The zero-order valence-electron chi connectivity index (χ0n) is 11.3. The summed E-state index contributed by atoms with van der Waals surface area (Å²) in [6.07, 6.45) is 1.44. The summed E-state index contributed by atoms with van der Waals surface area (Å²) >= 11 is 1.28. The van der Waals surface area contributed by atoms with E-state index in [1.54, 1.807) is 18.2 Å². The van der Waals surface area contributed by atoms with E-state index < -0.39 is 0 Å². The van der Waals surface area contributed by atoms with Crippen LogP contribution < -0.4 is 4.73 Å². The van der Waals surface area contributed by atoms with Crippen LogP contribution in [0.5, 0.6) is 0 Å². The smallest absolute Gasteiger partial charge is 0.251 e. The SMILES string of the molecule is CC(C)N(C(=O)CSc1cccc[n+]1[O-])C(C)C. The van der Waals surface area contributed by atoms with Crippen molar-refractivity contribution in [3.05, 3.63) is 29.6 Å². The topological polar surface area (TPSA) is 47.2 Å². The Labute approximate surface area is 113 Å². The summed E-state index contributed by atoms with van der Waals surface area (Å²) in [6, 6.07) is 5.54. The molecule has 5 heteroatoms. The standard InChI is InChI=1S/C13H20N2O2S/c1-10(2)15(11(3)4)12(16)9-18-13-7-5-6-8-14(13)17/h5-8,10-11H,9H2,1-4H3. The van der Waals surface area contributed by atoms with Crippen LogP contribution in [0.2, 0.25) is 0 Å². The van der Waals surface area contributed by atoms with Crippen LogP contribution in [0, 0.1) is 5.21 Å². The monoisotopic (exact) mass is 268 g/mol. The van der Waals surface area contributed by atoms with Gasteiger partial charge < -0.3 is 10.1 Å². The summed E-state index contributed by atoms with van der Waals surface area (Å²) < 4.78 is 0.785. The fraction of sp³-hybridized carbons (Fsp3) is 0.538. The number of hydrogen-bond acceptors (Lipinski definition) is 3. The molecule has 0 saturated carbocycles. The van der Waals surface area contributed by atoms with Crippen LogP contribution in [-0.2, 0) is 4.79 Å². The molecule has 0 aliphatic carbocycles. The van der Waals surface area contributed by atoms with Crippen molar-refractivity contribution < 1.29 is 9.52 Å². The lowest BCUT2D eigenvalue weighted by Crippen LogP contribution is -2.43. The average Bonchev–Trinajstić information content (AvgIpc) is 2.27. The van der Waals surface area contributed by atoms with Crippen LogP contribution in [0.25, 0.3) is 0 Å². The van der Waals surface area contributed by atoms with Crippen molar-refractivity contribution in [2.24, 2.45) is 0 Å². The van der Waals surface area contributed by atoms with Crippen molar-refractivity contribution in [2.45, 2.75) is 44.8 Å².